The second kappa shape index (κ2) is 10.2. The predicted octanol–water partition coefficient (Wildman–Crippen LogP) is 3.70. The van der Waals surface area contributed by atoms with Crippen LogP contribution in [0.25, 0.3) is 0 Å². The quantitative estimate of drug-likeness (QED) is 0.564. The molecule has 12 heteroatoms. The first-order valence-corrected chi connectivity index (χ1v) is 12.6. The molecule has 2 saturated heterocycles. The summed E-state index contributed by atoms with van der Waals surface area (Å²) in [5.41, 5.74) is -1.23. The Balaban J connectivity index is 1.56. The van der Waals surface area contributed by atoms with E-state index in [1.54, 1.807) is 4.90 Å². The van der Waals surface area contributed by atoms with Gasteiger partial charge in [-0.3, -0.25) is 9.59 Å². The molecular formula is C21H26ClF3N2O5S. The highest BCUT2D eigenvalue weighted by Crippen LogP contribution is 2.37. The number of likely N-dealkylation sites (tertiary alicyclic amines) is 1. The number of nitrogens with zero attached hydrogens (tertiary/aromatic N) is 2. The summed E-state index contributed by atoms with van der Waals surface area (Å²) in [4.78, 5) is 25.9. The number of alkyl halides is 3. The molecule has 7 nitrogen and oxygen atoms in total. The van der Waals surface area contributed by atoms with Crippen LogP contribution in [0.1, 0.15) is 44.6 Å². The number of esters is 1. The Bertz CT molecular complexity index is 994. The summed E-state index contributed by atoms with van der Waals surface area (Å²) in [6.45, 7) is 2.13. The van der Waals surface area contributed by atoms with E-state index in [1.807, 2.05) is 6.92 Å². The first kappa shape index (κ1) is 25.8. The van der Waals surface area contributed by atoms with Gasteiger partial charge in [0, 0.05) is 25.7 Å². The fourth-order valence-corrected chi connectivity index (χ4v) is 5.89. The first-order chi connectivity index (χ1) is 15.4. The van der Waals surface area contributed by atoms with Gasteiger partial charge in [-0.2, -0.15) is 17.5 Å². The van der Waals surface area contributed by atoms with Crippen molar-refractivity contribution in [3.05, 3.63) is 28.8 Å². The monoisotopic (exact) mass is 510 g/mol. The average molecular weight is 511 g/mol. The van der Waals surface area contributed by atoms with Gasteiger partial charge in [0.25, 0.3) is 5.91 Å². The minimum Gasteiger partial charge on any atom is -0.455 e. The molecule has 3 rings (SSSR count). The van der Waals surface area contributed by atoms with Gasteiger partial charge in [0.15, 0.2) is 6.61 Å². The molecule has 184 valence electrons. The smallest absolute Gasteiger partial charge is 0.417 e. The fraction of sp³-hybridized carbons (Fsp3) is 0.619. The predicted molar refractivity (Wildman–Crippen MR) is 114 cm³/mol. The van der Waals surface area contributed by atoms with Crippen molar-refractivity contribution in [3.63, 3.8) is 0 Å². The summed E-state index contributed by atoms with van der Waals surface area (Å²) in [5, 5.41) is -0.587. The zero-order valence-corrected chi connectivity index (χ0v) is 19.7. The minimum absolute atomic E-state index is 0.0524. The van der Waals surface area contributed by atoms with E-state index >= 15 is 0 Å². The lowest BCUT2D eigenvalue weighted by atomic mass is 9.98. The lowest BCUT2D eigenvalue weighted by molar-refractivity contribution is -0.157. The molecule has 0 unspecified atom stereocenters. The second-order valence-electron chi connectivity index (χ2n) is 8.36. The van der Waals surface area contributed by atoms with Gasteiger partial charge in [0.05, 0.1) is 21.4 Å². The molecule has 1 aromatic rings. The Hall–Kier alpha value is -1.85. The van der Waals surface area contributed by atoms with Gasteiger partial charge in [0.2, 0.25) is 10.0 Å². The molecule has 1 aromatic carbocycles. The largest absolute Gasteiger partial charge is 0.455 e. The van der Waals surface area contributed by atoms with Crippen molar-refractivity contribution in [2.24, 2.45) is 5.92 Å². The number of amides is 1. The second-order valence-corrected chi connectivity index (χ2v) is 10.7. The summed E-state index contributed by atoms with van der Waals surface area (Å²) in [6.07, 6.45) is -1.62. The van der Waals surface area contributed by atoms with Crippen LogP contribution in [0, 0.1) is 5.92 Å². The molecule has 2 aliphatic rings. The van der Waals surface area contributed by atoms with E-state index in [4.69, 9.17) is 16.3 Å². The van der Waals surface area contributed by atoms with Crippen molar-refractivity contribution < 1.29 is 35.9 Å². The normalized spacial score (nSPS) is 21.1. The van der Waals surface area contributed by atoms with Crippen LogP contribution in [0.3, 0.4) is 0 Å². The molecular weight excluding hydrogens is 485 g/mol. The van der Waals surface area contributed by atoms with Gasteiger partial charge in [-0.15, -0.1) is 0 Å². The Morgan fingerprint density at radius 1 is 1.12 bits per heavy atom. The number of piperidine rings is 2. The third-order valence-electron chi connectivity index (χ3n) is 6.13. The van der Waals surface area contributed by atoms with Crippen LogP contribution in [-0.2, 0) is 30.5 Å². The van der Waals surface area contributed by atoms with Crippen molar-refractivity contribution in [1.29, 1.82) is 0 Å². The van der Waals surface area contributed by atoms with Gasteiger partial charge in [0.1, 0.15) is 0 Å². The SMILES string of the molecule is C[C@H]1CCCCN1C(=O)COC(=O)C1CCN(S(=O)(=O)c2ccc(Cl)c(C(F)(F)F)c2)CC1. The summed E-state index contributed by atoms with van der Waals surface area (Å²) >= 11 is 5.57. The van der Waals surface area contributed by atoms with Gasteiger partial charge in [-0.05, 0) is 57.2 Å². The van der Waals surface area contributed by atoms with Crippen molar-refractivity contribution in [1.82, 2.24) is 9.21 Å². The van der Waals surface area contributed by atoms with Crippen LogP contribution < -0.4 is 0 Å². The number of rotatable bonds is 5. The molecule has 0 bridgehead atoms. The first-order valence-electron chi connectivity index (χ1n) is 10.7. The number of benzene rings is 1. The molecule has 0 aliphatic carbocycles. The van der Waals surface area contributed by atoms with E-state index in [1.165, 1.54) is 0 Å². The van der Waals surface area contributed by atoms with Crippen LogP contribution in [0.15, 0.2) is 23.1 Å². The molecule has 0 aromatic heterocycles. The summed E-state index contributed by atoms with van der Waals surface area (Å²) in [7, 11) is -4.20. The zero-order valence-electron chi connectivity index (χ0n) is 18.1. The average Bonchev–Trinajstić information content (AvgIpc) is 2.77. The molecule has 0 saturated carbocycles. The maximum atomic E-state index is 13.1. The van der Waals surface area contributed by atoms with Crippen molar-refractivity contribution in [3.8, 4) is 0 Å². The lowest BCUT2D eigenvalue weighted by Crippen LogP contribution is -2.45. The Labute approximate surface area is 195 Å². The van der Waals surface area contributed by atoms with Crippen LogP contribution in [0.4, 0.5) is 13.2 Å². The van der Waals surface area contributed by atoms with Crippen LogP contribution in [0.5, 0.6) is 0 Å². The molecule has 2 fully saturated rings. The summed E-state index contributed by atoms with van der Waals surface area (Å²) in [6, 6.07) is 2.55. The molecule has 1 amide bonds. The van der Waals surface area contributed by atoms with Gasteiger partial charge in [-0.25, -0.2) is 8.42 Å². The highest BCUT2D eigenvalue weighted by molar-refractivity contribution is 7.89. The van der Waals surface area contributed by atoms with E-state index in [9.17, 15) is 31.2 Å². The fourth-order valence-electron chi connectivity index (χ4n) is 4.17. The Morgan fingerprint density at radius 2 is 1.79 bits per heavy atom. The topological polar surface area (TPSA) is 84.0 Å². The van der Waals surface area contributed by atoms with Crippen LogP contribution in [-0.4, -0.2) is 61.8 Å². The molecule has 2 aliphatic heterocycles. The summed E-state index contributed by atoms with van der Waals surface area (Å²) in [5.74, 6) is -1.41. The maximum absolute atomic E-state index is 13.1. The van der Waals surface area contributed by atoms with Gasteiger partial charge in [-0.1, -0.05) is 11.6 Å². The Kier molecular flexibility index (Phi) is 7.95. The number of carbonyl (C=O) groups excluding carboxylic acids is 2. The van der Waals surface area contributed by atoms with Gasteiger partial charge >= 0.3 is 12.1 Å². The van der Waals surface area contributed by atoms with Crippen LogP contribution >= 0.6 is 11.6 Å². The molecule has 0 spiro atoms. The third-order valence-corrected chi connectivity index (χ3v) is 8.35. The van der Waals surface area contributed by atoms with Crippen molar-refractivity contribution >= 4 is 33.5 Å². The maximum Gasteiger partial charge on any atom is 0.417 e. The van der Waals surface area contributed by atoms with Gasteiger partial charge < -0.3 is 9.64 Å². The Morgan fingerprint density at radius 3 is 2.39 bits per heavy atom. The third kappa shape index (κ3) is 5.99. The zero-order chi connectivity index (χ0) is 24.4. The van der Waals surface area contributed by atoms with Crippen molar-refractivity contribution in [2.45, 2.75) is 56.1 Å². The number of sulfonamides is 1. The standard InChI is InChI=1S/C21H26ClF3N2O5S/c1-14-4-2-3-9-27(14)19(28)13-32-20(29)15-7-10-26(11-8-15)33(30,31)16-5-6-18(22)17(12-16)21(23,24)25/h5-6,12,14-15H,2-4,7-11,13H2,1H3/t14-/m0/s1. The molecule has 0 radical (unpaired) electrons. The van der Waals surface area contributed by atoms with E-state index in [0.29, 0.717) is 12.6 Å². The minimum atomic E-state index is -4.79. The summed E-state index contributed by atoms with van der Waals surface area (Å²) < 4.78 is 71.2. The molecule has 2 heterocycles. The van der Waals surface area contributed by atoms with E-state index in [0.717, 1.165) is 35.7 Å². The molecule has 33 heavy (non-hydrogen) atoms. The number of hydrogen-bond acceptors (Lipinski definition) is 5. The number of ether oxygens (including phenoxy) is 1. The lowest BCUT2D eigenvalue weighted by Gasteiger charge is -2.33. The number of halogens is 4. The van der Waals surface area contributed by atoms with Crippen LogP contribution in [0.2, 0.25) is 5.02 Å². The number of hydrogen-bond donors (Lipinski definition) is 0. The van der Waals surface area contributed by atoms with E-state index in [2.05, 4.69) is 0 Å². The van der Waals surface area contributed by atoms with E-state index in [-0.39, 0.29) is 44.5 Å². The van der Waals surface area contributed by atoms with Crippen molar-refractivity contribution in [2.75, 3.05) is 26.2 Å². The molecule has 0 N–H and O–H groups in total. The highest BCUT2D eigenvalue weighted by atomic mass is 35.5. The van der Waals surface area contributed by atoms with E-state index < -0.39 is 43.6 Å². The number of carbonyl (C=O) groups is 2. The molecule has 1 atom stereocenters. The highest BCUT2D eigenvalue weighted by Gasteiger charge is 2.37.